The van der Waals surface area contributed by atoms with Crippen LogP contribution in [-0.4, -0.2) is 29.2 Å². The lowest BCUT2D eigenvalue weighted by Gasteiger charge is -2.12. The van der Waals surface area contributed by atoms with Gasteiger partial charge < -0.3 is 10.2 Å². The van der Waals surface area contributed by atoms with E-state index in [0.29, 0.717) is 6.42 Å². The minimum Gasteiger partial charge on any atom is -0.396 e. The van der Waals surface area contributed by atoms with Crippen LogP contribution in [0.3, 0.4) is 0 Å². The number of fused-ring (bicyclic) bond motifs is 2. The van der Waals surface area contributed by atoms with Crippen LogP contribution < -0.4 is 0 Å². The Morgan fingerprint density at radius 1 is 0.895 bits per heavy atom. The molecule has 1 aromatic carbocycles. The van der Waals surface area contributed by atoms with E-state index in [1.807, 2.05) is 18.2 Å². The summed E-state index contributed by atoms with van der Waals surface area (Å²) in [6.07, 6.45) is 5.00. The number of aliphatic hydroxyl groups is 2. The first-order valence-corrected chi connectivity index (χ1v) is 6.87. The Bertz CT molecular complexity index is 487. The lowest BCUT2D eigenvalue weighted by molar-refractivity contribution is 0.103. The molecule has 0 heterocycles. The fourth-order valence-electron chi connectivity index (χ4n) is 2.63. The molecule has 0 fully saturated rings. The van der Waals surface area contributed by atoms with Crippen molar-refractivity contribution < 1.29 is 15.0 Å². The Morgan fingerprint density at radius 2 is 1.47 bits per heavy atom. The summed E-state index contributed by atoms with van der Waals surface area (Å²) >= 11 is 0. The maximum Gasteiger partial charge on any atom is 0.189 e. The molecule has 2 aliphatic rings. The summed E-state index contributed by atoms with van der Waals surface area (Å²) < 4.78 is 0. The molecule has 0 atom stereocenters. The summed E-state index contributed by atoms with van der Waals surface area (Å²) in [5, 5.41) is 15.8. The summed E-state index contributed by atoms with van der Waals surface area (Å²) in [6.45, 7) is 0.188. The second-order valence-electron chi connectivity index (χ2n) is 4.84. The molecule has 0 unspecified atom stereocenters. The Kier molecular flexibility index (Phi) is 4.88. The van der Waals surface area contributed by atoms with Gasteiger partial charge in [-0.3, -0.25) is 4.79 Å². The quantitative estimate of drug-likeness (QED) is 0.859. The van der Waals surface area contributed by atoms with Crippen molar-refractivity contribution in [1.29, 1.82) is 0 Å². The van der Waals surface area contributed by atoms with E-state index < -0.39 is 0 Å². The van der Waals surface area contributed by atoms with Crippen molar-refractivity contribution in [3.05, 3.63) is 41.0 Å². The maximum absolute atomic E-state index is 12.0. The van der Waals surface area contributed by atoms with E-state index in [4.69, 9.17) is 10.2 Å². The van der Waals surface area contributed by atoms with Gasteiger partial charge in [0, 0.05) is 24.4 Å². The van der Waals surface area contributed by atoms with Gasteiger partial charge >= 0.3 is 0 Å². The summed E-state index contributed by atoms with van der Waals surface area (Å²) in [5.41, 5.74) is 4.56. The van der Waals surface area contributed by atoms with E-state index in [1.165, 1.54) is 24.0 Å². The number of rotatable bonds is 2. The fourth-order valence-corrected chi connectivity index (χ4v) is 2.63. The molecule has 3 nitrogen and oxygen atoms in total. The lowest BCUT2D eigenvalue weighted by Crippen LogP contribution is -2.01. The highest BCUT2D eigenvalue weighted by Crippen LogP contribution is 2.40. The number of carbonyl (C=O) groups excluding carboxylic acids is 1. The van der Waals surface area contributed by atoms with Crippen molar-refractivity contribution in [2.24, 2.45) is 0 Å². The molecule has 3 rings (SSSR count). The monoisotopic (exact) mass is 260 g/mol. The normalized spacial score (nSPS) is 16.6. The molecule has 1 aromatic rings. The third-order valence-corrected chi connectivity index (χ3v) is 3.55. The minimum atomic E-state index is 0.0938. The molecule has 0 bridgehead atoms. The molecule has 2 aliphatic carbocycles. The van der Waals surface area contributed by atoms with Crippen molar-refractivity contribution in [1.82, 2.24) is 0 Å². The maximum atomic E-state index is 12.0. The molecule has 0 amide bonds. The second-order valence-corrected chi connectivity index (χ2v) is 4.84. The van der Waals surface area contributed by atoms with Crippen LogP contribution in [0, 0.1) is 0 Å². The third kappa shape index (κ3) is 2.94. The van der Waals surface area contributed by atoms with E-state index in [0.717, 1.165) is 24.0 Å². The molecular formula is C16H20O3. The van der Waals surface area contributed by atoms with Gasteiger partial charge in [-0.05, 0) is 43.2 Å². The van der Waals surface area contributed by atoms with Crippen molar-refractivity contribution in [2.75, 3.05) is 13.2 Å². The van der Waals surface area contributed by atoms with Crippen molar-refractivity contribution >= 4 is 11.4 Å². The van der Waals surface area contributed by atoms with Gasteiger partial charge in [0.2, 0.25) is 0 Å². The number of Topliss-reactive ketones (excluding diaryl/α,β-unsaturated/α-hetero) is 1. The van der Waals surface area contributed by atoms with Crippen LogP contribution in [0.5, 0.6) is 0 Å². The van der Waals surface area contributed by atoms with E-state index in [1.54, 1.807) is 0 Å². The molecule has 0 spiro atoms. The highest BCUT2D eigenvalue weighted by molar-refractivity contribution is 6.20. The van der Waals surface area contributed by atoms with Crippen LogP contribution in [0.1, 0.15) is 48.0 Å². The number of hydrogen-bond acceptors (Lipinski definition) is 3. The highest BCUT2D eigenvalue weighted by atomic mass is 16.3. The first-order chi connectivity index (χ1) is 9.29. The van der Waals surface area contributed by atoms with Crippen molar-refractivity contribution in [3.63, 3.8) is 0 Å². The van der Waals surface area contributed by atoms with Gasteiger partial charge in [-0.15, -0.1) is 0 Å². The molecule has 19 heavy (non-hydrogen) atoms. The average molecular weight is 260 g/mol. The first kappa shape index (κ1) is 14.0. The predicted octanol–water partition coefficient (Wildman–Crippen LogP) is 2.57. The van der Waals surface area contributed by atoms with E-state index in [9.17, 15) is 4.79 Å². The van der Waals surface area contributed by atoms with Crippen LogP contribution >= 0.6 is 0 Å². The molecule has 3 heteroatoms. The average Bonchev–Trinajstić information content (AvgIpc) is 2.75. The SMILES string of the molecule is O=C1C2=C(CCCC2)c2ccccc21.OCCCO. The van der Waals surface area contributed by atoms with Gasteiger partial charge in [0.1, 0.15) is 0 Å². The highest BCUT2D eigenvalue weighted by Gasteiger charge is 2.29. The summed E-state index contributed by atoms with van der Waals surface area (Å²) in [5.74, 6) is 0.287. The summed E-state index contributed by atoms with van der Waals surface area (Å²) in [4.78, 5) is 12.0. The van der Waals surface area contributed by atoms with Gasteiger partial charge in [-0.1, -0.05) is 24.3 Å². The molecule has 0 aliphatic heterocycles. The van der Waals surface area contributed by atoms with Gasteiger partial charge in [-0.25, -0.2) is 0 Å². The number of aliphatic hydroxyl groups excluding tert-OH is 2. The molecule has 0 aromatic heterocycles. The lowest BCUT2D eigenvalue weighted by atomic mass is 9.92. The number of hydrogen-bond donors (Lipinski definition) is 2. The van der Waals surface area contributed by atoms with E-state index >= 15 is 0 Å². The summed E-state index contributed by atoms with van der Waals surface area (Å²) in [6, 6.07) is 8.02. The Labute approximate surface area is 113 Å². The standard InChI is InChI=1S/C13H12O.C3H8O2/c14-13-11-7-3-1-5-9(11)10-6-2-4-8-12(10)13;4-2-1-3-5/h1,3,5,7H,2,4,6,8H2;4-5H,1-3H2. The second kappa shape index (κ2) is 6.64. The van der Waals surface area contributed by atoms with E-state index in [-0.39, 0.29) is 19.0 Å². The summed E-state index contributed by atoms with van der Waals surface area (Å²) in [7, 11) is 0. The Morgan fingerprint density at radius 3 is 2.05 bits per heavy atom. The molecule has 0 saturated heterocycles. The number of allylic oxidation sites excluding steroid dienone is 2. The van der Waals surface area contributed by atoms with Crippen LogP contribution in [-0.2, 0) is 0 Å². The zero-order valence-electron chi connectivity index (χ0n) is 11.1. The molecule has 0 saturated carbocycles. The fraction of sp³-hybridized carbons (Fsp3) is 0.438. The largest absolute Gasteiger partial charge is 0.396 e. The first-order valence-electron chi connectivity index (χ1n) is 6.87. The molecule has 0 radical (unpaired) electrons. The van der Waals surface area contributed by atoms with Crippen LogP contribution in [0.2, 0.25) is 0 Å². The molecular weight excluding hydrogens is 240 g/mol. The third-order valence-electron chi connectivity index (χ3n) is 3.55. The zero-order chi connectivity index (χ0) is 13.7. The topological polar surface area (TPSA) is 57.5 Å². The number of benzene rings is 1. The Balaban J connectivity index is 0.000000232. The molecule has 102 valence electrons. The molecule has 2 N–H and O–H groups in total. The van der Waals surface area contributed by atoms with Gasteiger partial charge in [0.05, 0.1) is 0 Å². The zero-order valence-corrected chi connectivity index (χ0v) is 11.1. The van der Waals surface area contributed by atoms with Crippen LogP contribution in [0.25, 0.3) is 5.57 Å². The smallest absolute Gasteiger partial charge is 0.189 e. The van der Waals surface area contributed by atoms with Gasteiger partial charge in [0.15, 0.2) is 5.78 Å². The van der Waals surface area contributed by atoms with Gasteiger partial charge in [-0.2, -0.15) is 0 Å². The Hall–Kier alpha value is -1.45. The van der Waals surface area contributed by atoms with Gasteiger partial charge in [0.25, 0.3) is 0 Å². The number of ketones is 1. The van der Waals surface area contributed by atoms with E-state index in [2.05, 4.69) is 6.07 Å². The van der Waals surface area contributed by atoms with Crippen molar-refractivity contribution in [3.8, 4) is 0 Å². The van der Waals surface area contributed by atoms with Crippen LogP contribution in [0.4, 0.5) is 0 Å². The van der Waals surface area contributed by atoms with Crippen LogP contribution in [0.15, 0.2) is 29.8 Å². The predicted molar refractivity (Wildman–Crippen MR) is 74.9 cm³/mol. The minimum absolute atomic E-state index is 0.0938. The van der Waals surface area contributed by atoms with Crippen molar-refractivity contribution in [2.45, 2.75) is 32.1 Å². The number of carbonyl (C=O) groups is 1.